The Morgan fingerprint density at radius 1 is 0.889 bits per heavy atom. The van der Waals surface area contributed by atoms with Crippen molar-refractivity contribution >= 4 is 17.8 Å². The van der Waals surface area contributed by atoms with Crippen LogP contribution in [0.15, 0.2) is 67.0 Å². The van der Waals surface area contributed by atoms with E-state index in [2.05, 4.69) is 4.98 Å². The summed E-state index contributed by atoms with van der Waals surface area (Å²) in [5.41, 5.74) is 1.61. The number of benzene rings is 2. The second kappa shape index (κ2) is 6.45. The van der Waals surface area contributed by atoms with Gasteiger partial charge >= 0.3 is 5.97 Å². The van der Waals surface area contributed by atoms with E-state index in [1.165, 1.54) is 42.7 Å². The first-order chi connectivity index (χ1) is 13.0. The summed E-state index contributed by atoms with van der Waals surface area (Å²) in [7, 11) is 0. The Morgan fingerprint density at radius 3 is 2.15 bits per heavy atom. The molecule has 7 heteroatoms. The number of imide groups is 1. The summed E-state index contributed by atoms with van der Waals surface area (Å²) in [6, 6.07) is 13.4. The van der Waals surface area contributed by atoms with Gasteiger partial charge in [0, 0.05) is 18.0 Å². The molecule has 1 aliphatic rings. The van der Waals surface area contributed by atoms with Crippen molar-refractivity contribution < 1.29 is 23.6 Å². The maximum Gasteiger partial charge on any atom is 0.365 e. The Kier molecular flexibility index (Phi) is 3.97. The van der Waals surface area contributed by atoms with Crippen molar-refractivity contribution in [1.29, 1.82) is 0 Å². The highest BCUT2D eigenvalue weighted by atomic mass is 19.1. The second-order valence-electron chi connectivity index (χ2n) is 5.80. The van der Waals surface area contributed by atoms with Crippen LogP contribution >= 0.6 is 0 Å². The maximum atomic E-state index is 13.1. The normalized spacial score (nSPS) is 12.9. The zero-order valence-corrected chi connectivity index (χ0v) is 13.8. The molecule has 0 N–H and O–H groups in total. The number of carbonyl (C=O) groups is 3. The number of halogens is 1. The zero-order chi connectivity index (χ0) is 19.0. The summed E-state index contributed by atoms with van der Waals surface area (Å²) < 4.78 is 13.1. The molecule has 0 spiro atoms. The molecule has 3 aromatic rings. The van der Waals surface area contributed by atoms with E-state index in [1.54, 1.807) is 24.3 Å². The first kappa shape index (κ1) is 16.6. The lowest BCUT2D eigenvalue weighted by Gasteiger charge is -2.13. The number of carbonyl (C=O) groups excluding carboxylic acids is 3. The van der Waals surface area contributed by atoms with Crippen LogP contribution in [0.25, 0.3) is 11.1 Å². The lowest BCUT2D eigenvalue weighted by molar-refractivity contribution is -0.0584. The van der Waals surface area contributed by atoms with Crippen LogP contribution in [-0.2, 0) is 4.84 Å². The van der Waals surface area contributed by atoms with Crippen molar-refractivity contribution in [2.24, 2.45) is 0 Å². The number of aromatic nitrogens is 1. The van der Waals surface area contributed by atoms with E-state index in [1.807, 2.05) is 0 Å². The van der Waals surface area contributed by atoms with Gasteiger partial charge < -0.3 is 4.84 Å². The van der Waals surface area contributed by atoms with Crippen molar-refractivity contribution in [2.75, 3.05) is 0 Å². The monoisotopic (exact) mass is 362 g/mol. The summed E-state index contributed by atoms with van der Waals surface area (Å²) >= 11 is 0. The summed E-state index contributed by atoms with van der Waals surface area (Å²) in [4.78, 5) is 45.9. The van der Waals surface area contributed by atoms with E-state index >= 15 is 0 Å². The maximum absolute atomic E-state index is 13.1. The number of pyridine rings is 1. The van der Waals surface area contributed by atoms with Crippen LogP contribution in [0, 0.1) is 5.82 Å². The van der Waals surface area contributed by atoms with Gasteiger partial charge in [0.2, 0.25) is 0 Å². The Morgan fingerprint density at radius 2 is 1.52 bits per heavy atom. The number of hydroxylamine groups is 2. The highest BCUT2D eigenvalue weighted by Gasteiger charge is 2.38. The third-order valence-electron chi connectivity index (χ3n) is 4.08. The fraction of sp³-hybridized carbons (Fsp3) is 0. The van der Waals surface area contributed by atoms with E-state index in [9.17, 15) is 18.8 Å². The molecule has 1 aliphatic heterocycles. The predicted molar refractivity (Wildman–Crippen MR) is 92.0 cm³/mol. The van der Waals surface area contributed by atoms with Crippen molar-refractivity contribution in [3.05, 3.63) is 89.5 Å². The first-order valence-corrected chi connectivity index (χ1v) is 7.96. The van der Waals surface area contributed by atoms with Crippen LogP contribution in [0.3, 0.4) is 0 Å². The van der Waals surface area contributed by atoms with Crippen molar-refractivity contribution in [3.8, 4) is 11.1 Å². The smallest absolute Gasteiger partial charge is 0.324 e. The minimum absolute atomic E-state index is 0.0494. The fourth-order valence-corrected chi connectivity index (χ4v) is 2.74. The van der Waals surface area contributed by atoms with E-state index in [0.29, 0.717) is 16.2 Å². The standard InChI is InChI=1S/C20H11FN2O4/c21-15-7-5-12(6-8-15)13-9-14(11-22-10-13)20(26)27-23-18(24)16-3-1-2-4-17(16)19(23)25/h1-11H. The Labute approximate surface area is 152 Å². The van der Waals surface area contributed by atoms with Gasteiger partial charge in [0.25, 0.3) is 11.8 Å². The quantitative estimate of drug-likeness (QED) is 0.669. The topological polar surface area (TPSA) is 76.6 Å². The number of hydrogen-bond donors (Lipinski definition) is 0. The second-order valence-corrected chi connectivity index (χ2v) is 5.80. The molecule has 27 heavy (non-hydrogen) atoms. The molecule has 0 saturated heterocycles. The van der Waals surface area contributed by atoms with E-state index in [-0.39, 0.29) is 22.5 Å². The molecule has 0 bridgehead atoms. The molecule has 2 aromatic carbocycles. The van der Waals surface area contributed by atoms with E-state index in [0.717, 1.165) is 0 Å². The molecular formula is C20H11FN2O4. The molecule has 0 aliphatic carbocycles. The van der Waals surface area contributed by atoms with Gasteiger partial charge in [-0.15, -0.1) is 0 Å². The van der Waals surface area contributed by atoms with Crippen LogP contribution in [0.2, 0.25) is 0 Å². The van der Waals surface area contributed by atoms with Gasteiger partial charge in [-0.25, -0.2) is 9.18 Å². The third-order valence-corrected chi connectivity index (χ3v) is 4.08. The molecule has 2 amide bonds. The van der Waals surface area contributed by atoms with E-state index in [4.69, 9.17) is 4.84 Å². The predicted octanol–water partition coefficient (Wildman–Crippen LogP) is 3.26. The van der Waals surface area contributed by atoms with Crippen LogP contribution in [-0.4, -0.2) is 27.8 Å². The minimum Gasteiger partial charge on any atom is -0.324 e. The van der Waals surface area contributed by atoms with Gasteiger partial charge in [-0.3, -0.25) is 14.6 Å². The molecule has 0 radical (unpaired) electrons. The third kappa shape index (κ3) is 2.95. The highest BCUT2D eigenvalue weighted by molar-refractivity contribution is 6.21. The Hall–Kier alpha value is -3.87. The molecule has 4 rings (SSSR count). The first-order valence-electron chi connectivity index (χ1n) is 7.96. The summed E-state index contributed by atoms with van der Waals surface area (Å²) in [5, 5.41) is 0.442. The Balaban J connectivity index is 1.58. The van der Waals surface area contributed by atoms with Gasteiger partial charge in [0.05, 0.1) is 16.7 Å². The number of hydrogen-bond acceptors (Lipinski definition) is 5. The van der Waals surface area contributed by atoms with E-state index < -0.39 is 17.8 Å². The molecule has 1 aromatic heterocycles. The molecule has 132 valence electrons. The molecule has 0 atom stereocenters. The van der Waals surface area contributed by atoms with Gasteiger partial charge in [-0.1, -0.05) is 29.3 Å². The average Bonchev–Trinajstić information content (AvgIpc) is 2.94. The van der Waals surface area contributed by atoms with Crippen LogP contribution in [0.1, 0.15) is 31.1 Å². The minimum atomic E-state index is -0.902. The summed E-state index contributed by atoms with van der Waals surface area (Å²) in [5.74, 6) is -2.69. The summed E-state index contributed by atoms with van der Waals surface area (Å²) in [6.45, 7) is 0. The number of fused-ring (bicyclic) bond motifs is 1. The van der Waals surface area contributed by atoms with Crippen molar-refractivity contribution in [1.82, 2.24) is 10.0 Å². The molecule has 2 heterocycles. The Bertz CT molecular complexity index is 1040. The van der Waals surface area contributed by atoms with Gasteiger partial charge in [-0.05, 0) is 35.9 Å². The van der Waals surface area contributed by atoms with Crippen molar-refractivity contribution in [3.63, 3.8) is 0 Å². The molecule has 0 saturated carbocycles. The molecular weight excluding hydrogens is 351 g/mol. The van der Waals surface area contributed by atoms with Crippen LogP contribution in [0.5, 0.6) is 0 Å². The highest BCUT2D eigenvalue weighted by Crippen LogP contribution is 2.24. The zero-order valence-electron chi connectivity index (χ0n) is 13.8. The lowest BCUT2D eigenvalue weighted by Crippen LogP contribution is -2.32. The summed E-state index contributed by atoms with van der Waals surface area (Å²) in [6.07, 6.45) is 2.76. The largest absolute Gasteiger partial charge is 0.365 e. The van der Waals surface area contributed by atoms with Gasteiger partial charge in [-0.2, -0.15) is 0 Å². The van der Waals surface area contributed by atoms with Gasteiger partial charge in [0.15, 0.2) is 0 Å². The number of nitrogens with zero attached hydrogens (tertiary/aromatic N) is 2. The SMILES string of the molecule is O=C(ON1C(=O)c2ccccc2C1=O)c1cncc(-c2ccc(F)cc2)c1. The molecule has 0 fully saturated rings. The number of amides is 2. The van der Waals surface area contributed by atoms with Crippen LogP contribution < -0.4 is 0 Å². The van der Waals surface area contributed by atoms with Crippen LogP contribution in [0.4, 0.5) is 4.39 Å². The van der Waals surface area contributed by atoms with Crippen molar-refractivity contribution in [2.45, 2.75) is 0 Å². The average molecular weight is 362 g/mol. The molecule has 6 nitrogen and oxygen atoms in total. The lowest BCUT2D eigenvalue weighted by atomic mass is 10.1. The fourth-order valence-electron chi connectivity index (χ4n) is 2.74. The number of rotatable bonds is 3. The van der Waals surface area contributed by atoms with Gasteiger partial charge in [0.1, 0.15) is 5.82 Å². The molecule has 0 unspecified atom stereocenters.